The van der Waals surface area contributed by atoms with E-state index in [1.165, 1.54) is 6.07 Å². The van der Waals surface area contributed by atoms with Crippen LogP contribution in [0.25, 0.3) is 0 Å². The zero-order chi connectivity index (χ0) is 13.1. The summed E-state index contributed by atoms with van der Waals surface area (Å²) >= 11 is 1.73. The SMILES string of the molecule is CSC(C)(C)CNc1c(C)cccc1[N+](=O)[O-]. The van der Waals surface area contributed by atoms with Crippen molar-refractivity contribution in [3.8, 4) is 0 Å². The summed E-state index contributed by atoms with van der Waals surface area (Å²) in [6.45, 7) is 6.78. The Hall–Kier alpha value is -1.23. The number of para-hydroxylation sites is 1. The van der Waals surface area contributed by atoms with Gasteiger partial charge in [0.2, 0.25) is 0 Å². The Balaban J connectivity index is 2.94. The molecule has 1 N–H and O–H groups in total. The van der Waals surface area contributed by atoms with E-state index >= 15 is 0 Å². The van der Waals surface area contributed by atoms with E-state index in [-0.39, 0.29) is 15.4 Å². The molecule has 4 nitrogen and oxygen atoms in total. The number of rotatable bonds is 5. The first kappa shape index (κ1) is 13.8. The van der Waals surface area contributed by atoms with Gasteiger partial charge < -0.3 is 5.32 Å². The first-order valence-corrected chi connectivity index (χ1v) is 6.63. The van der Waals surface area contributed by atoms with Crippen molar-refractivity contribution >= 4 is 23.1 Å². The second kappa shape index (κ2) is 5.40. The van der Waals surface area contributed by atoms with Crippen LogP contribution in [-0.2, 0) is 0 Å². The van der Waals surface area contributed by atoms with Gasteiger partial charge in [-0.1, -0.05) is 12.1 Å². The Morgan fingerprint density at radius 1 is 1.47 bits per heavy atom. The van der Waals surface area contributed by atoms with Gasteiger partial charge >= 0.3 is 0 Å². The van der Waals surface area contributed by atoms with E-state index in [2.05, 4.69) is 19.2 Å². The maximum atomic E-state index is 10.9. The lowest BCUT2D eigenvalue weighted by Gasteiger charge is -2.23. The summed E-state index contributed by atoms with van der Waals surface area (Å²) in [5, 5.41) is 14.1. The van der Waals surface area contributed by atoms with Gasteiger partial charge in [-0.15, -0.1) is 0 Å². The van der Waals surface area contributed by atoms with E-state index in [1.807, 2.05) is 19.2 Å². The molecule has 0 aliphatic carbocycles. The van der Waals surface area contributed by atoms with Gasteiger partial charge in [-0.2, -0.15) is 11.8 Å². The molecular weight excluding hydrogens is 236 g/mol. The first-order valence-electron chi connectivity index (χ1n) is 5.40. The number of thioether (sulfide) groups is 1. The standard InChI is InChI=1S/C12H18N2O2S/c1-9-6-5-7-10(14(15)16)11(9)13-8-12(2,3)17-4/h5-7,13H,8H2,1-4H3. The van der Waals surface area contributed by atoms with Crippen molar-refractivity contribution in [1.82, 2.24) is 0 Å². The minimum absolute atomic E-state index is 0.0517. The zero-order valence-corrected chi connectivity index (χ0v) is 11.4. The van der Waals surface area contributed by atoms with Gasteiger partial charge in [0.25, 0.3) is 5.69 Å². The van der Waals surface area contributed by atoms with Crippen LogP contribution in [0, 0.1) is 17.0 Å². The third kappa shape index (κ3) is 3.63. The molecule has 0 unspecified atom stereocenters. The Kier molecular flexibility index (Phi) is 4.40. The third-order valence-electron chi connectivity index (χ3n) is 2.69. The highest BCUT2D eigenvalue weighted by Gasteiger charge is 2.20. The van der Waals surface area contributed by atoms with Crippen molar-refractivity contribution in [2.24, 2.45) is 0 Å². The highest BCUT2D eigenvalue weighted by molar-refractivity contribution is 7.99. The van der Waals surface area contributed by atoms with Crippen LogP contribution >= 0.6 is 11.8 Å². The molecule has 0 saturated heterocycles. The van der Waals surface area contributed by atoms with Crippen LogP contribution in [0.4, 0.5) is 11.4 Å². The van der Waals surface area contributed by atoms with Gasteiger partial charge in [-0.3, -0.25) is 10.1 Å². The quantitative estimate of drug-likeness (QED) is 0.646. The summed E-state index contributed by atoms with van der Waals surface area (Å²) < 4.78 is 0.0517. The molecule has 0 aliphatic heterocycles. The van der Waals surface area contributed by atoms with E-state index in [0.717, 1.165) is 5.56 Å². The summed E-state index contributed by atoms with van der Waals surface area (Å²) in [5.74, 6) is 0. The van der Waals surface area contributed by atoms with E-state index in [0.29, 0.717) is 12.2 Å². The second-order valence-corrected chi connectivity index (χ2v) is 6.06. The Morgan fingerprint density at radius 2 is 2.12 bits per heavy atom. The minimum atomic E-state index is -0.346. The Bertz CT molecular complexity index is 419. The molecule has 0 saturated carbocycles. The van der Waals surface area contributed by atoms with Crippen LogP contribution in [0.2, 0.25) is 0 Å². The highest BCUT2D eigenvalue weighted by Crippen LogP contribution is 2.29. The topological polar surface area (TPSA) is 55.2 Å². The fraction of sp³-hybridized carbons (Fsp3) is 0.500. The van der Waals surface area contributed by atoms with E-state index in [4.69, 9.17) is 0 Å². The molecule has 0 heterocycles. The fourth-order valence-corrected chi connectivity index (χ4v) is 1.62. The largest absolute Gasteiger partial charge is 0.378 e. The molecule has 1 aromatic carbocycles. The lowest BCUT2D eigenvalue weighted by molar-refractivity contribution is -0.384. The summed E-state index contributed by atoms with van der Waals surface area (Å²) in [6.07, 6.45) is 2.04. The second-order valence-electron chi connectivity index (χ2n) is 4.54. The number of aryl methyl sites for hydroxylation is 1. The predicted molar refractivity (Wildman–Crippen MR) is 73.9 cm³/mol. The number of hydrogen-bond acceptors (Lipinski definition) is 4. The van der Waals surface area contributed by atoms with Crippen LogP contribution in [0.5, 0.6) is 0 Å². The van der Waals surface area contributed by atoms with Crippen molar-refractivity contribution in [2.45, 2.75) is 25.5 Å². The van der Waals surface area contributed by atoms with Gasteiger partial charge in [0, 0.05) is 17.4 Å². The number of nitro benzene ring substituents is 1. The fourth-order valence-electron chi connectivity index (χ4n) is 1.41. The van der Waals surface area contributed by atoms with Crippen molar-refractivity contribution in [1.29, 1.82) is 0 Å². The molecule has 0 radical (unpaired) electrons. The molecule has 0 fully saturated rings. The van der Waals surface area contributed by atoms with E-state index in [1.54, 1.807) is 17.8 Å². The van der Waals surface area contributed by atoms with Gasteiger partial charge in [0.05, 0.1) is 4.92 Å². The predicted octanol–water partition coefficient (Wildman–Crippen LogP) is 3.46. The summed E-state index contributed by atoms with van der Waals surface area (Å²) in [4.78, 5) is 10.6. The van der Waals surface area contributed by atoms with Gasteiger partial charge in [-0.25, -0.2) is 0 Å². The van der Waals surface area contributed by atoms with Crippen LogP contribution in [0.15, 0.2) is 18.2 Å². The Labute approximate surface area is 106 Å². The number of anilines is 1. The highest BCUT2D eigenvalue weighted by atomic mass is 32.2. The van der Waals surface area contributed by atoms with Crippen LogP contribution in [0.3, 0.4) is 0 Å². The van der Waals surface area contributed by atoms with E-state index < -0.39 is 0 Å². The van der Waals surface area contributed by atoms with Gasteiger partial charge in [0.1, 0.15) is 5.69 Å². The molecule has 0 aromatic heterocycles. The summed E-state index contributed by atoms with van der Waals surface area (Å²) in [5.41, 5.74) is 1.66. The maximum absolute atomic E-state index is 10.9. The average molecular weight is 254 g/mol. The molecule has 0 aliphatic rings. The molecule has 1 aromatic rings. The average Bonchev–Trinajstić information content (AvgIpc) is 2.27. The van der Waals surface area contributed by atoms with Gasteiger partial charge in [0.15, 0.2) is 0 Å². The van der Waals surface area contributed by atoms with Crippen LogP contribution < -0.4 is 5.32 Å². The number of nitrogens with zero attached hydrogens (tertiary/aromatic N) is 1. The molecule has 94 valence electrons. The Morgan fingerprint density at radius 3 is 2.65 bits per heavy atom. The molecule has 17 heavy (non-hydrogen) atoms. The monoisotopic (exact) mass is 254 g/mol. The smallest absolute Gasteiger partial charge is 0.292 e. The van der Waals surface area contributed by atoms with Gasteiger partial charge in [-0.05, 0) is 32.6 Å². The maximum Gasteiger partial charge on any atom is 0.292 e. The van der Waals surface area contributed by atoms with E-state index in [9.17, 15) is 10.1 Å². The minimum Gasteiger partial charge on any atom is -0.378 e. The molecule has 1 rings (SSSR count). The zero-order valence-electron chi connectivity index (χ0n) is 10.6. The summed E-state index contributed by atoms with van der Waals surface area (Å²) in [6, 6.07) is 5.11. The normalized spacial score (nSPS) is 11.3. The lowest BCUT2D eigenvalue weighted by Crippen LogP contribution is -2.26. The number of nitrogens with one attached hydrogen (secondary N) is 1. The molecule has 0 bridgehead atoms. The van der Waals surface area contributed by atoms with Crippen molar-refractivity contribution in [2.75, 3.05) is 18.1 Å². The van der Waals surface area contributed by atoms with Crippen LogP contribution in [-0.4, -0.2) is 22.5 Å². The molecular formula is C12H18N2O2S. The third-order valence-corrected chi connectivity index (χ3v) is 3.94. The number of hydrogen-bond donors (Lipinski definition) is 1. The van der Waals surface area contributed by atoms with Crippen molar-refractivity contribution < 1.29 is 4.92 Å². The number of nitro groups is 1. The molecule has 5 heteroatoms. The van der Waals surface area contributed by atoms with Crippen molar-refractivity contribution in [3.63, 3.8) is 0 Å². The number of benzene rings is 1. The van der Waals surface area contributed by atoms with Crippen molar-refractivity contribution in [3.05, 3.63) is 33.9 Å². The molecule has 0 amide bonds. The molecule has 0 atom stereocenters. The molecule has 0 spiro atoms. The van der Waals surface area contributed by atoms with Crippen LogP contribution in [0.1, 0.15) is 19.4 Å². The summed E-state index contributed by atoms with van der Waals surface area (Å²) in [7, 11) is 0. The first-order chi connectivity index (χ1) is 7.87. The lowest BCUT2D eigenvalue weighted by atomic mass is 10.1.